The van der Waals surface area contributed by atoms with Crippen molar-refractivity contribution in [1.82, 2.24) is 4.90 Å². The van der Waals surface area contributed by atoms with E-state index >= 15 is 0 Å². The number of rotatable bonds is 3. The zero-order chi connectivity index (χ0) is 14.8. The summed E-state index contributed by atoms with van der Waals surface area (Å²) >= 11 is 0. The summed E-state index contributed by atoms with van der Waals surface area (Å²) in [4.78, 5) is 14.1. The van der Waals surface area contributed by atoms with Crippen molar-refractivity contribution >= 4 is 5.97 Å². The molecule has 1 aliphatic heterocycles. The summed E-state index contributed by atoms with van der Waals surface area (Å²) < 4.78 is 0. The Morgan fingerprint density at radius 3 is 2.81 bits per heavy atom. The maximum Gasteiger partial charge on any atom is 0.312 e. The van der Waals surface area contributed by atoms with E-state index in [0.29, 0.717) is 12.6 Å². The van der Waals surface area contributed by atoms with Crippen LogP contribution in [0.15, 0.2) is 24.3 Å². The summed E-state index contributed by atoms with van der Waals surface area (Å²) in [6.45, 7) is 3.87. The van der Waals surface area contributed by atoms with E-state index in [-0.39, 0.29) is 5.92 Å². The van der Waals surface area contributed by atoms with E-state index in [1.54, 1.807) is 0 Å². The largest absolute Gasteiger partial charge is 0.481 e. The van der Waals surface area contributed by atoms with Crippen LogP contribution in [-0.2, 0) is 11.3 Å². The zero-order valence-corrected chi connectivity index (χ0v) is 12.8. The summed E-state index contributed by atoms with van der Waals surface area (Å²) in [5.41, 5.74) is 2.22. The lowest BCUT2D eigenvalue weighted by Crippen LogP contribution is -2.47. The molecule has 1 saturated carbocycles. The zero-order valence-electron chi connectivity index (χ0n) is 12.8. The molecule has 3 heteroatoms. The first kappa shape index (κ1) is 14.6. The lowest BCUT2D eigenvalue weighted by Gasteiger charge is -2.43. The summed E-state index contributed by atoms with van der Waals surface area (Å²) in [7, 11) is 0. The van der Waals surface area contributed by atoms with Crippen molar-refractivity contribution in [2.45, 2.75) is 57.5 Å². The predicted octanol–water partition coefficient (Wildman–Crippen LogP) is 3.64. The molecule has 1 N–H and O–H groups in total. The summed E-state index contributed by atoms with van der Waals surface area (Å²) in [6, 6.07) is 8.64. The van der Waals surface area contributed by atoms with Gasteiger partial charge in [-0.1, -0.05) is 50.5 Å². The van der Waals surface area contributed by atoms with Gasteiger partial charge in [0.15, 0.2) is 0 Å². The van der Waals surface area contributed by atoms with Crippen LogP contribution in [0.4, 0.5) is 0 Å². The second kappa shape index (κ2) is 6.18. The molecule has 3 rings (SSSR count). The molecule has 1 fully saturated rings. The van der Waals surface area contributed by atoms with Gasteiger partial charge in [-0.15, -0.1) is 0 Å². The Morgan fingerprint density at radius 1 is 1.29 bits per heavy atom. The molecule has 3 nitrogen and oxygen atoms in total. The third-order valence-corrected chi connectivity index (χ3v) is 5.38. The van der Waals surface area contributed by atoms with Gasteiger partial charge in [0.25, 0.3) is 0 Å². The molecule has 1 aromatic carbocycles. The fourth-order valence-corrected chi connectivity index (χ4v) is 4.24. The minimum Gasteiger partial charge on any atom is -0.481 e. The molecule has 0 bridgehead atoms. The molecule has 21 heavy (non-hydrogen) atoms. The van der Waals surface area contributed by atoms with Gasteiger partial charge in [-0.05, 0) is 29.9 Å². The van der Waals surface area contributed by atoms with Crippen LogP contribution in [0.2, 0.25) is 0 Å². The first-order valence-electron chi connectivity index (χ1n) is 8.25. The molecule has 0 aromatic heterocycles. The molecule has 1 heterocycles. The smallest absolute Gasteiger partial charge is 0.312 e. The summed E-state index contributed by atoms with van der Waals surface area (Å²) in [5, 5.41) is 9.60. The fourth-order valence-electron chi connectivity index (χ4n) is 4.24. The van der Waals surface area contributed by atoms with Crippen molar-refractivity contribution in [3.63, 3.8) is 0 Å². The highest BCUT2D eigenvalue weighted by Gasteiger charge is 2.36. The molecular formula is C18H25NO2. The lowest BCUT2D eigenvalue weighted by atomic mass is 9.79. The van der Waals surface area contributed by atoms with E-state index in [9.17, 15) is 9.90 Å². The Balaban J connectivity index is 1.87. The van der Waals surface area contributed by atoms with Crippen molar-refractivity contribution in [2.24, 2.45) is 5.92 Å². The van der Waals surface area contributed by atoms with E-state index in [0.717, 1.165) is 18.0 Å². The minimum atomic E-state index is -0.684. The molecule has 0 amide bonds. The SMILES string of the molecule is CCC1CCCCC1N1Cc2ccccc2C(C(=O)O)C1. The van der Waals surface area contributed by atoms with Gasteiger partial charge >= 0.3 is 5.97 Å². The number of hydrogen-bond donors (Lipinski definition) is 1. The van der Waals surface area contributed by atoms with Crippen molar-refractivity contribution < 1.29 is 9.90 Å². The fraction of sp³-hybridized carbons (Fsp3) is 0.611. The monoisotopic (exact) mass is 287 g/mol. The average Bonchev–Trinajstić information content (AvgIpc) is 2.53. The average molecular weight is 287 g/mol. The van der Waals surface area contributed by atoms with Gasteiger partial charge in [-0.25, -0.2) is 0 Å². The van der Waals surface area contributed by atoms with Crippen molar-refractivity contribution in [3.05, 3.63) is 35.4 Å². The minimum absolute atomic E-state index is 0.366. The van der Waals surface area contributed by atoms with E-state index in [2.05, 4.69) is 17.9 Å². The number of nitrogens with zero attached hydrogens (tertiary/aromatic N) is 1. The van der Waals surface area contributed by atoms with Crippen LogP contribution in [0.1, 0.15) is 56.1 Å². The van der Waals surface area contributed by atoms with Crippen molar-refractivity contribution in [1.29, 1.82) is 0 Å². The Bertz CT molecular complexity index is 514. The van der Waals surface area contributed by atoms with Crippen LogP contribution in [0.3, 0.4) is 0 Å². The number of hydrogen-bond acceptors (Lipinski definition) is 2. The highest BCUT2D eigenvalue weighted by atomic mass is 16.4. The van der Waals surface area contributed by atoms with Crippen LogP contribution in [-0.4, -0.2) is 28.6 Å². The summed E-state index contributed by atoms with van der Waals surface area (Å²) in [5.74, 6) is -0.316. The van der Waals surface area contributed by atoms with Gasteiger partial charge in [0, 0.05) is 19.1 Å². The number of fused-ring (bicyclic) bond motifs is 1. The maximum atomic E-state index is 11.7. The molecule has 1 aliphatic carbocycles. The lowest BCUT2D eigenvalue weighted by molar-refractivity contribution is -0.140. The van der Waals surface area contributed by atoms with E-state index in [1.165, 1.54) is 37.7 Å². The third kappa shape index (κ3) is 2.84. The molecule has 2 aliphatic rings. The Hall–Kier alpha value is -1.35. The standard InChI is InChI=1S/C18H25NO2/c1-2-13-7-4-6-10-17(13)19-11-14-8-3-5-9-15(14)16(12-19)18(20)21/h3,5,8-9,13,16-17H,2,4,6-7,10-12H2,1H3,(H,20,21). The molecule has 0 saturated heterocycles. The van der Waals surface area contributed by atoms with Crippen LogP contribution in [0.5, 0.6) is 0 Å². The first-order valence-corrected chi connectivity index (χ1v) is 8.25. The Labute approximate surface area is 127 Å². The van der Waals surface area contributed by atoms with Crippen molar-refractivity contribution in [3.8, 4) is 0 Å². The van der Waals surface area contributed by atoms with Gasteiger partial charge in [0.2, 0.25) is 0 Å². The molecule has 114 valence electrons. The highest BCUT2D eigenvalue weighted by molar-refractivity contribution is 5.77. The van der Waals surface area contributed by atoms with E-state index in [4.69, 9.17) is 0 Å². The van der Waals surface area contributed by atoms with Crippen LogP contribution in [0.25, 0.3) is 0 Å². The molecule has 3 atom stereocenters. The number of benzene rings is 1. The molecule has 3 unspecified atom stereocenters. The Kier molecular flexibility index (Phi) is 4.29. The first-order chi connectivity index (χ1) is 10.2. The highest BCUT2D eigenvalue weighted by Crippen LogP contribution is 2.36. The van der Waals surface area contributed by atoms with E-state index in [1.807, 2.05) is 18.2 Å². The van der Waals surface area contributed by atoms with Gasteiger partial charge in [0.1, 0.15) is 0 Å². The van der Waals surface area contributed by atoms with Gasteiger partial charge in [0.05, 0.1) is 5.92 Å². The van der Waals surface area contributed by atoms with Gasteiger partial charge in [-0.2, -0.15) is 0 Å². The number of carboxylic acid groups (broad SMARTS) is 1. The molecular weight excluding hydrogens is 262 g/mol. The van der Waals surface area contributed by atoms with Crippen LogP contribution in [0, 0.1) is 5.92 Å². The normalized spacial score (nSPS) is 29.9. The van der Waals surface area contributed by atoms with Crippen LogP contribution >= 0.6 is 0 Å². The van der Waals surface area contributed by atoms with E-state index < -0.39 is 5.97 Å². The van der Waals surface area contributed by atoms with Crippen molar-refractivity contribution in [2.75, 3.05) is 6.54 Å². The van der Waals surface area contributed by atoms with Gasteiger partial charge in [-0.3, -0.25) is 9.69 Å². The topological polar surface area (TPSA) is 40.5 Å². The maximum absolute atomic E-state index is 11.7. The molecule has 0 spiro atoms. The Morgan fingerprint density at radius 2 is 2.05 bits per heavy atom. The summed E-state index contributed by atoms with van der Waals surface area (Å²) in [6.07, 6.45) is 6.36. The second-order valence-electron chi connectivity index (χ2n) is 6.54. The molecule has 1 aromatic rings. The number of aliphatic carboxylic acids is 1. The third-order valence-electron chi connectivity index (χ3n) is 5.38. The van der Waals surface area contributed by atoms with Gasteiger partial charge < -0.3 is 5.11 Å². The van der Waals surface area contributed by atoms with Crippen LogP contribution < -0.4 is 0 Å². The molecule has 0 radical (unpaired) electrons. The second-order valence-corrected chi connectivity index (χ2v) is 6.54. The predicted molar refractivity (Wildman–Crippen MR) is 83.3 cm³/mol. The quantitative estimate of drug-likeness (QED) is 0.922. The number of carboxylic acids is 1. The number of carbonyl (C=O) groups is 1.